The van der Waals surface area contributed by atoms with Gasteiger partial charge in [-0.05, 0) is 12.1 Å². The molecule has 1 aliphatic rings. The van der Waals surface area contributed by atoms with Gasteiger partial charge in [0.25, 0.3) is 5.91 Å². The molecule has 0 aliphatic carbocycles. The summed E-state index contributed by atoms with van der Waals surface area (Å²) in [5, 5.41) is 2.80. The average molecular weight is 299 g/mol. The maximum absolute atomic E-state index is 12.1. The molecule has 7 heteroatoms. The van der Waals surface area contributed by atoms with Crippen LogP contribution >= 0.6 is 0 Å². The molecule has 0 saturated carbocycles. The summed E-state index contributed by atoms with van der Waals surface area (Å²) in [6.07, 6.45) is 4.79. The van der Waals surface area contributed by atoms with E-state index >= 15 is 0 Å². The van der Waals surface area contributed by atoms with Gasteiger partial charge in [0.1, 0.15) is 0 Å². The number of anilines is 1. The topological polar surface area (TPSA) is 80.2 Å². The number of nitrogens with zero attached hydrogens (tertiary/aromatic N) is 4. The van der Waals surface area contributed by atoms with Crippen LogP contribution in [0.25, 0.3) is 0 Å². The standard InChI is InChI=1S/C15H17N5O2/c21-14(17-11-13-3-1-2-4-16-13)12-9-18-15(19-10-12)20-5-7-22-8-6-20/h1-4,9-10H,5-8,11H2,(H,17,21). The number of ether oxygens (including phenoxy) is 1. The first-order valence-electron chi connectivity index (χ1n) is 7.16. The summed E-state index contributed by atoms with van der Waals surface area (Å²) in [5.41, 5.74) is 1.25. The molecule has 0 atom stereocenters. The molecule has 0 spiro atoms. The lowest BCUT2D eigenvalue weighted by molar-refractivity contribution is 0.0949. The Balaban J connectivity index is 1.58. The highest BCUT2D eigenvalue weighted by molar-refractivity contribution is 5.93. The highest BCUT2D eigenvalue weighted by Crippen LogP contribution is 2.09. The average Bonchev–Trinajstić information content (AvgIpc) is 2.61. The molecule has 0 bridgehead atoms. The number of carbonyl (C=O) groups is 1. The molecule has 0 radical (unpaired) electrons. The molecule has 1 saturated heterocycles. The Hall–Kier alpha value is -2.54. The Bertz CT molecular complexity index is 612. The van der Waals surface area contributed by atoms with Crippen LogP contribution in [0.4, 0.5) is 5.95 Å². The van der Waals surface area contributed by atoms with Gasteiger partial charge in [-0.15, -0.1) is 0 Å². The van der Waals surface area contributed by atoms with Crippen molar-refractivity contribution in [2.45, 2.75) is 6.54 Å². The van der Waals surface area contributed by atoms with E-state index in [0.29, 0.717) is 31.3 Å². The predicted octanol–water partition coefficient (Wildman–Crippen LogP) is 0.638. The van der Waals surface area contributed by atoms with Crippen LogP contribution in [-0.4, -0.2) is 47.2 Å². The van der Waals surface area contributed by atoms with E-state index in [4.69, 9.17) is 4.74 Å². The highest BCUT2D eigenvalue weighted by atomic mass is 16.5. The predicted molar refractivity (Wildman–Crippen MR) is 80.5 cm³/mol. The second-order valence-electron chi connectivity index (χ2n) is 4.87. The third-order valence-electron chi connectivity index (χ3n) is 3.35. The Morgan fingerprint density at radius 1 is 1.18 bits per heavy atom. The van der Waals surface area contributed by atoms with Gasteiger partial charge in [-0.1, -0.05) is 6.07 Å². The number of morpholine rings is 1. The van der Waals surface area contributed by atoms with Crippen molar-refractivity contribution in [1.29, 1.82) is 0 Å². The molecular formula is C15H17N5O2. The fourth-order valence-electron chi connectivity index (χ4n) is 2.14. The number of nitrogens with one attached hydrogen (secondary N) is 1. The fourth-order valence-corrected chi connectivity index (χ4v) is 2.14. The first kappa shape index (κ1) is 14.4. The zero-order valence-electron chi connectivity index (χ0n) is 12.1. The normalized spacial score (nSPS) is 14.6. The number of hydrogen-bond acceptors (Lipinski definition) is 6. The van der Waals surface area contributed by atoms with Crippen molar-refractivity contribution in [3.8, 4) is 0 Å². The van der Waals surface area contributed by atoms with Gasteiger partial charge in [0.05, 0.1) is 31.0 Å². The molecule has 7 nitrogen and oxygen atoms in total. The highest BCUT2D eigenvalue weighted by Gasteiger charge is 2.14. The summed E-state index contributed by atoms with van der Waals surface area (Å²) in [7, 11) is 0. The van der Waals surface area contributed by atoms with Crippen LogP contribution in [0.15, 0.2) is 36.8 Å². The van der Waals surface area contributed by atoms with Crippen LogP contribution < -0.4 is 10.2 Å². The number of aromatic nitrogens is 3. The molecule has 2 aromatic rings. The van der Waals surface area contributed by atoms with Crippen LogP contribution in [0.2, 0.25) is 0 Å². The van der Waals surface area contributed by atoms with Crippen molar-refractivity contribution >= 4 is 11.9 Å². The molecule has 22 heavy (non-hydrogen) atoms. The summed E-state index contributed by atoms with van der Waals surface area (Å²) in [4.78, 5) is 26.8. The van der Waals surface area contributed by atoms with Gasteiger partial charge >= 0.3 is 0 Å². The Labute approximate surface area is 128 Å². The van der Waals surface area contributed by atoms with E-state index < -0.39 is 0 Å². The van der Waals surface area contributed by atoms with Crippen molar-refractivity contribution in [3.63, 3.8) is 0 Å². The quantitative estimate of drug-likeness (QED) is 0.892. The van der Waals surface area contributed by atoms with Crippen molar-refractivity contribution in [2.24, 2.45) is 0 Å². The summed E-state index contributed by atoms with van der Waals surface area (Å²) < 4.78 is 5.29. The van der Waals surface area contributed by atoms with Crippen molar-refractivity contribution in [1.82, 2.24) is 20.3 Å². The van der Waals surface area contributed by atoms with E-state index in [1.165, 1.54) is 0 Å². The molecule has 2 aromatic heterocycles. The molecule has 1 fully saturated rings. The largest absolute Gasteiger partial charge is 0.378 e. The first-order valence-corrected chi connectivity index (χ1v) is 7.16. The Morgan fingerprint density at radius 2 is 1.95 bits per heavy atom. The van der Waals surface area contributed by atoms with Crippen molar-refractivity contribution in [2.75, 3.05) is 31.2 Å². The summed E-state index contributed by atoms with van der Waals surface area (Å²) >= 11 is 0. The lowest BCUT2D eigenvalue weighted by atomic mass is 10.3. The minimum absolute atomic E-state index is 0.209. The van der Waals surface area contributed by atoms with Gasteiger partial charge in [-0.3, -0.25) is 9.78 Å². The third-order valence-corrected chi connectivity index (χ3v) is 3.35. The van der Waals surface area contributed by atoms with Crippen LogP contribution in [-0.2, 0) is 11.3 Å². The molecule has 1 aliphatic heterocycles. The monoisotopic (exact) mass is 299 g/mol. The second kappa shape index (κ2) is 6.95. The van der Waals surface area contributed by atoms with E-state index in [9.17, 15) is 4.79 Å². The zero-order chi connectivity index (χ0) is 15.2. The fraction of sp³-hybridized carbons (Fsp3) is 0.333. The van der Waals surface area contributed by atoms with Crippen LogP contribution in [0, 0.1) is 0 Å². The zero-order valence-corrected chi connectivity index (χ0v) is 12.1. The molecule has 1 amide bonds. The van der Waals surface area contributed by atoms with E-state index in [1.807, 2.05) is 23.1 Å². The van der Waals surface area contributed by atoms with Gasteiger partial charge in [0.15, 0.2) is 0 Å². The van der Waals surface area contributed by atoms with E-state index in [1.54, 1.807) is 18.6 Å². The van der Waals surface area contributed by atoms with Crippen LogP contribution in [0.1, 0.15) is 16.1 Å². The molecule has 0 aromatic carbocycles. The molecule has 114 valence electrons. The number of hydrogen-bond donors (Lipinski definition) is 1. The number of amides is 1. The smallest absolute Gasteiger partial charge is 0.254 e. The van der Waals surface area contributed by atoms with Crippen LogP contribution in [0.5, 0.6) is 0 Å². The van der Waals surface area contributed by atoms with Gasteiger partial charge in [0.2, 0.25) is 5.95 Å². The second-order valence-corrected chi connectivity index (χ2v) is 4.87. The molecule has 1 N–H and O–H groups in total. The summed E-state index contributed by atoms with van der Waals surface area (Å²) in [5.74, 6) is 0.420. The third kappa shape index (κ3) is 3.56. The van der Waals surface area contributed by atoms with Gasteiger partial charge in [-0.25, -0.2) is 9.97 Å². The van der Waals surface area contributed by atoms with Crippen molar-refractivity contribution in [3.05, 3.63) is 48.0 Å². The minimum Gasteiger partial charge on any atom is -0.378 e. The van der Waals surface area contributed by atoms with E-state index in [2.05, 4.69) is 20.3 Å². The Kier molecular flexibility index (Phi) is 4.55. The Morgan fingerprint density at radius 3 is 2.64 bits per heavy atom. The van der Waals surface area contributed by atoms with E-state index in [-0.39, 0.29) is 5.91 Å². The first-order chi connectivity index (χ1) is 10.8. The maximum atomic E-state index is 12.1. The summed E-state index contributed by atoms with van der Waals surface area (Å²) in [6.45, 7) is 3.27. The number of carbonyl (C=O) groups excluding carboxylic acids is 1. The molecule has 0 unspecified atom stereocenters. The molecular weight excluding hydrogens is 282 g/mol. The SMILES string of the molecule is O=C(NCc1ccccn1)c1cnc(N2CCOCC2)nc1. The molecule has 3 rings (SSSR count). The maximum Gasteiger partial charge on any atom is 0.254 e. The minimum atomic E-state index is -0.209. The van der Waals surface area contributed by atoms with Crippen LogP contribution in [0.3, 0.4) is 0 Å². The van der Waals surface area contributed by atoms with E-state index in [0.717, 1.165) is 18.8 Å². The van der Waals surface area contributed by atoms with Gasteiger partial charge in [0, 0.05) is 31.7 Å². The van der Waals surface area contributed by atoms with Gasteiger partial charge < -0.3 is 15.0 Å². The van der Waals surface area contributed by atoms with Crippen molar-refractivity contribution < 1.29 is 9.53 Å². The number of pyridine rings is 1. The lowest BCUT2D eigenvalue weighted by Crippen LogP contribution is -2.37. The summed E-state index contributed by atoms with van der Waals surface area (Å²) in [6, 6.07) is 5.58. The number of rotatable bonds is 4. The lowest BCUT2D eigenvalue weighted by Gasteiger charge is -2.26. The molecule has 3 heterocycles. The van der Waals surface area contributed by atoms with Gasteiger partial charge in [-0.2, -0.15) is 0 Å².